The van der Waals surface area contributed by atoms with Gasteiger partial charge in [0.2, 0.25) is 0 Å². The Morgan fingerprint density at radius 2 is 1.83 bits per heavy atom. The topological polar surface area (TPSA) is 66.5 Å². The predicted molar refractivity (Wildman–Crippen MR) is 85.6 cm³/mol. The minimum Gasteiger partial charge on any atom is -0.350 e. The molecule has 3 rings (SSSR count). The van der Waals surface area contributed by atoms with Crippen LogP contribution in [0.5, 0.6) is 0 Å². The van der Waals surface area contributed by atoms with Crippen molar-refractivity contribution in [3.63, 3.8) is 0 Å². The maximum absolute atomic E-state index is 13.7. The number of carbonyl (C=O) groups excluding carboxylic acids is 3. The number of hydrogen-bond donors (Lipinski definition) is 1. The molecule has 2 aromatic carbocycles. The molecule has 5 nitrogen and oxygen atoms in total. The summed E-state index contributed by atoms with van der Waals surface area (Å²) in [7, 11) is 0. The zero-order chi connectivity index (χ0) is 17.3. The van der Waals surface area contributed by atoms with E-state index in [2.05, 4.69) is 5.32 Å². The highest BCUT2D eigenvalue weighted by Gasteiger charge is 2.37. The highest BCUT2D eigenvalue weighted by atomic mass is 35.5. The van der Waals surface area contributed by atoms with E-state index in [0.29, 0.717) is 10.6 Å². The summed E-state index contributed by atoms with van der Waals surface area (Å²) in [5, 5.41) is 2.89. The zero-order valence-electron chi connectivity index (χ0n) is 12.4. The summed E-state index contributed by atoms with van der Waals surface area (Å²) in [5.74, 6) is -2.40. The molecule has 0 unspecified atom stereocenters. The first-order valence-electron chi connectivity index (χ1n) is 7.18. The fourth-order valence-corrected chi connectivity index (χ4v) is 2.74. The zero-order valence-corrected chi connectivity index (χ0v) is 13.1. The Balaban J connectivity index is 1.65. The molecule has 7 heteroatoms. The molecule has 0 fully saturated rings. The Labute approximate surface area is 142 Å². The van der Waals surface area contributed by atoms with Crippen molar-refractivity contribution < 1.29 is 18.8 Å². The molecule has 0 spiro atoms. The van der Waals surface area contributed by atoms with Gasteiger partial charge in [-0.3, -0.25) is 19.3 Å². The van der Waals surface area contributed by atoms with E-state index in [-0.39, 0.29) is 24.2 Å². The van der Waals surface area contributed by atoms with Gasteiger partial charge in [-0.15, -0.1) is 0 Å². The monoisotopic (exact) mass is 346 g/mol. The van der Waals surface area contributed by atoms with E-state index >= 15 is 0 Å². The van der Waals surface area contributed by atoms with Crippen LogP contribution in [0.4, 0.5) is 4.39 Å². The quantitative estimate of drug-likeness (QED) is 0.865. The molecule has 0 aromatic heterocycles. The Bertz CT molecular complexity index is 853. The van der Waals surface area contributed by atoms with E-state index in [9.17, 15) is 18.8 Å². The van der Waals surface area contributed by atoms with Crippen LogP contribution in [0.3, 0.4) is 0 Å². The second-order valence-corrected chi connectivity index (χ2v) is 5.57. The van der Waals surface area contributed by atoms with Crippen molar-refractivity contribution in [2.75, 3.05) is 13.1 Å². The van der Waals surface area contributed by atoms with Crippen LogP contribution in [0.1, 0.15) is 31.1 Å². The molecule has 122 valence electrons. The standard InChI is InChI=1S/C17H12ClFN2O3/c18-12-6-2-1-4-10(12)15(22)20-8-9-21-16(23)11-5-3-7-13(19)14(11)17(21)24/h1-7H,8-9H2,(H,20,22). The van der Waals surface area contributed by atoms with E-state index in [4.69, 9.17) is 11.6 Å². The summed E-state index contributed by atoms with van der Waals surface area (Å²) in [6, 6.07) is 10.4. The molecule has 0 saturated carbocycles. The van der Waals surface area contributed by atoms with Gasteiger partial charge in [0.15, 0.2) is 0 Å². The Kier molecular flexibility index (Phi) is 4.31. The second kappa shape index (κ2) is 6.41. The number of halogens is 2. The normalized spacial score (nSPS) is 13.2. The minimum atomic E-state index is -0.728. The average Bonchev–Trinajstić information content (AvgIpc) is 2.81. The van der Waals surface area contributed by atoms with Crippen LogP contribution in [0.25, 0.3) is 0 Å². The van der Waals surface area contributed by atoms with Gasteiger partial charge in [-0.25, -0.2) is 4.39 Å². The smallest absolute Gasteiger partial charge is 0.264 e. The van der Waals surface area contributed by atoms with E-state index < -0.39 is 23.5 Å². The summed E-state index contributed by atoms with van der Waals surface area (Å²) in [5.41, 5.74) is 0.116. The Morgan fingerprint density at radius 1 is 1.08 bits per heavy atom. The third-order valence-electron chi connectivity index (χ3n) is 3.69. The second-order valence-electron chi connectivity index (χ2n) is 5.16. The molecule has 2 aromatic rings. The van der Waals surface area contributed by atoms with Crippen molar-refractivity contribution in [3.05, 3.63) is 70.0 Å². The van der Waals surface area contributed by atoms with Crippen LogP contribution in [0, 0.1) is 5.82 Å². The van der Waals surface area contributed by atoms with Crippen LogP contribution in [-0.4, -0.2) is 35.7 Å². The average molecular weight is 347 g/mol. The number of rotatable bonds is 4. The number of fused-ring (bicyclic) bond motifs is 1. The third-order valence-corrected chi connectivity index (χ3v) is 4.02. The highest BCUT2D eigenvalue weighted by Crippen LogP contribution is 2.24. The van der Waals surface area contributed by atoms with Crippen molar-refractivity contribution in [3.8, 4) is 0 Å². The van der Waals surface area contributed by atoms with Gasteiger partial charge < -0.3 is 5.32 Å². The van der Waals surface area contributed by atoms with Gasteiger partial charge in [0.1, 0.15) is 5.82 Å². The van der Waals surface area contributed by atoms with Crippen molar-refractivity contribution in [2.24, 2.45) is 0 Å². The van der Waals surface area contributed by atoms with Gasteiger partial charge in [0.05, 0.1) is 21.7 Å². The maximum atomic E-state index is 13.7. The molecule has 0 saturated heterocycles. The molecule has 1 N–H and O–H groups in total. The van der Waals surface area contributed by atoms with E-state index in [1.54, 1.807) is 24.3 Å². The van der Waals surface area contributed by atoms with Gasteiger partial charge >= 0.3 is 0 Å². The molecular weight excluding hydrogens is 335 g/mol. The molecule has 0 aliphatic carbocycles. The molecule has 0 bridgehead atoms. The lowest BCUT2D eigenvalue weighted by Crippen LogP contribution is -2.38. The Morgan fingerprint density at radius 3 is 2.54 bits per heavy atom. The molecule has 1 aliphatic heterocycles. The van der Waals surface area contributed by atoms with Gasteiger partial charge in [-0.1, -0.05) is 29.8 Å². The fraction of sp³-hybridized carbons (Fsp3) is 0.118. The number of nitrogens with one attached hydrogen (secondary N) is 1. The van der Waals surface area contributed by atoms with Gasteiger partial charge in [-0.2, -0.15) is 0 Å². The summed E-state index contributed by atoms with van der Waals surface area (Å²) >= 11 is 5.93. The molecule has 0 radical (unpaired) electrons. The van der Waals surface area contributed by atoms with Crippen molar-refractivity contribution >= 4 is 29.3 Å². The predicted octanol–water partition coefficient (Wildman–Crippen LogP) is 2.51. The number of nitrogens with zero attached hydrogens (tertiary/aromatic N) is 1. The molecule has 1 heterocycles. The summed E-state index contributed by atoms with van der Waals surface area (Å²) in [6.45, 7) is -0.0148. The first-order valence-corrected chi connectivity index (χ1v) is 7.56. The van der Waals surface area contributed by atoms with Gasteiger partial charge in [0.25, 0.3) is 17.7 Å². The van der Waals surface area contributed by atoms with E-state index in [1.807, 2.05) is 0 Å². The van der Waals surface area contributed by atoms with Gasteiger partial charge in [0, 0.05) is 13.1 Å². The van der Waals surface area contributed by atoms with Crippen molar-refractivity contribution in [1.82, 2.24) is 10.2 Å². The Hall–Kier alpha value is -2.73. The number of imide groups is 1. The molecule has 1 aliphatic rings. The van der Waals surface area contributed by atoms with E-state index in [0.717, 1.165) is 11.0 Å². The molecule has 24 heavy (non-hydrogen) atoms. The van der Waals surface area contributed by atoms with Crippen molar-refractivity contribution in [2.45, 2.75) is 0 Å². The number of hydrogen-bond acceptors (Lipinski definition) is 3. The van der Waals surface area contributed by atoms with Crippen LogP contribution < -0.4 is 5.32 Å². The molecule has 3 amide bonds. The minimum absolute atomic E-state index is 0.0388. The fourth-order valence-electron chi connectivity index (χ4n) is 2.52. The summed E-state index contributed by atoms with van der Waals surface area (Å²) < 4.78 is 13.7. The first kappa shape index (κ1) is 16.1. The van der Waals surface area contributed by atoms with Gasteiger partial charge in [-0.05, 0) is 24.3 Å². The highest BCUT2D eigenvalue weighted by molar-refractivity contribution is 6.33. The number of benzene rings is 2. The first-order chi connectivity index (χ1) is 11.5. The van der Waals surface area contributed by atoms with Crippen molar-refractivity contribution in [1.29, 1.82) is 0 Å². The maximum Gasteiger partial charge on any atom is 0.264 e. The summed E-state index contributed by atoms with van der Waals surface area (Å²) in [4.78, 5) is 37.3. The number of carbonyl (C=O) groups is 3. The lowest BCUT2D eigenvalue weighted by atomic mass is 10.1. The largest absolute Gasteiger partial charge is 0.350 e. The van der Waals surface area contributed by atoms with E-state index in [1.165, 1.54) is 12.1 Å². The van der Waals surface area contributed by atoms with Crippen LogP contribution in [0.15, 0.2) is 42.5 Å². The number of amides is 3. The third kappa shape index (κ3) is 2.76. The molecular formula is C17H12ClFN2O3. The molecule has 0 atom stereocenters. The SMILES string of the molecule is O=C(NCCN1C(=O)c2cccc(F)c2C1=O)c1ccccc1Cl. The van der Waals surface area contributed by atoms with Crippen LogP contribution in [-0.2, 0) is 0 Å². The van der Waals surface area contributed by atoms with Crippen LogP contribution in [0.2, 0.25) is 5.02 Å². The summed E-state index contributed by atoms with van der Waals surface area (Å²) in [6.07, 6.45) is 0. The lowest BCUT2D eigenvalue weighted by molar-refractivity contribution is 0.0648. The van der Waals surface area contributed by atoms with Crippen LogP contribution >= 0.6 is 11.6 Å². The lowest BCUT2D eigenvalue weighted by Gasteiger charge is -2.14.